The van der Waals surface area contributed by atoms with Crippen molar-refractivity contribution in [1.29, 1.82) is 0 Å². The van der Waals surface area contributed by atoms with E-state index >= 15 is 0 Å². The predicted molar refractivity (Wildman–Crippen MR) is 141 cm³/mol. The van der Waals surface area contributed by atoms with Crippen molar-refractivity contribution in [3.8, 4) is 0 Å². The number of hydrogen-bond acceptors (Lipinski definition) is 5. The maximum absolute atomic E-state index is 13.1. The second kappa shape index (κ2) is 11.1. The van der Waals surface area contributed by atoms with Gasteiger partial charge >= 0.3 is 6.18 Å². The highest BCUT2D eigenvalue weighted by molar-refractivity contribution is 7.09. The number of carbonyl (C=O) groups excluding carboxylic acids is 2. The van der Waals surface area contributed by atoms with E-state index in [-0.39, 0.29) is 36.7 Å². The molecule has 1 unspecified atom stereocenters. The lowest BCUT2D eigenvalue weighted by atomic mass is 9.87. The summed E-state index contributed by atoms with van der Waals surface area (Å²) in [6.07, 6.45) is 0.238. The first-order valence-electron chi connectivity index (χ1n) is 13.3. The lowest BCUT2D eigenvalue weighted by Crippen LogP contribution is -2.40. The third-order valence-electron chi connectivity index (χ3n) is 7.85. The molecule has 39 heavy (non-hydrogen) atoms. The van der Waals surface area contributed by atoms with Crippen LogP contribution < -0.4 is 0 Å². The van der Waals surface area contributed by atoms with Crippen LogP contribution in [0.1, 0.15) is 70.9 Å². The fraction of sp³-hybridized carbons (Fsp3) is 0.500. The SMILES string of the molecule is Cc1cc(C(F)(F)F)nn1CC(=O)N1CCC(c2nc(CC(=O)N(C)C3CCCc4ccccc43)cs2)CC1. The average Bonchev–Trinajstić information content (AvgIpc) is 3.54. The van der Waals surface area contributed by atoms with E-state index in [9.17, 15) is 22.8 Å². The standard InChI is InChI=1S/C28H32F3N5O2S/c1-18-14-24(28(29,30)31)33-36(18)16-26(38)35-12-10-20(11-13-35)27-32-21(17-39-27)15-25(37)34(2)23-9-5-7-19-6-3-4-8-22(19)23/h3-4,6,8,14,17,20,23H,5,7,9-13,15-16H2,1-2H3. The maximum atomic E-state index is 13.1. The summed E-state index contributed by atoms with van der Waals surface area (Å²) < 4.78 is 39.9. The highest BCUT2D eigenvalue weighted by Gasteiger charge is 2.35. The number of aromatic nitrogens is 3. The topological polar surface area (TPSA) is 71.3 Å². The molecule has 0 bridgehead atoms. The number of hydrogen-bond donors (Lipinski definition) is 0. The zero-order valence-electron chi connectivity index (χ0n) is 22.1. The summed E-state index contributed by atoms with van der Waals surface area (Å²) in [4.78, 5) is 34.2. The van der Waals surface area contributed by atoms with E-state index in [0.717, 1.165) is 53.6 Å². The highest BCUT2D eigenvalue weighted by Crippen LogP contribution is 2.35. The molecule has 2 amide bonds. The van der Waals surface area contributed by atoms with E-state index < -0.39 is 11.9 Å². The molecule has 1 aliphatic carbocycles. The number of rotatable bonds is 6. The number of thiazole rings is 1. The van der Waals surface area contributed by atoms with Gasteiger partial charge in [0.15, 0.2) is 5.69 Å². The van der Waals surface area contributed by atoms with Gasteiger partial charge in [-0.3, -0.25) is 14.3 Å². The van der Waals surface area contributed by atoms with Crippen LogP contribution in [-0.4, -0.2) is 56.5 Å². The van der Waals surface area contributed by atoms with Crippen molar-refractivity contribution in [3.05, 3.63) is 68.9 Å². The summed E-state index contributed by atoms with van der Waals surface area (Å²) in [5.74, 6) is -0.00295. The van der Waals surface area contributed by atoms with E-state index in [2.05, 4.69) is 17.2 Å². The first-order valence-corrected chi connectivity index (χ1v) is 14.2. The summed E-state index contributed by atoms with van der Waals surface area (Å²) in [5.41, 5.74) is 2.64. The molecule has 1 aliphatic heterocycles. The number of halogens is 3. The molecule has 2 aliphatic rings. The second-order valence-electron chi connectivity index (χ2n) is 10.4. The van der Waals surface area contributed by atoms with Crippen LogP contribution in [-0.2, 0) is 35.2 Å². The van der Waals surface area contributed by atoms with Crippen LogP contribution in [0.2, 0.25) is 0 Å². The number of aryl methyl sites for hydroxylation is 2. The van der Waals surface area contributed by atoms with Crippen LogP contribution in [0.5, 0.6) is 0 Å². The van der Waals surface area contributed by atoms with Crippen molar-refractivity contribution >= 4 is 23.2 Å². The Bertz CT molecular complexity index is 1340. The van der Waals surface area contributed by atoms with Gasteiger partial charge in [-0.25, -0.2) is 4.98 Å². The lowest BCUT2D eigenvalue weighted by Gasteiger charge is -2.33. The van der Waals surface area contributed by atoms with Crippen molar-refractivity contribution in [3.63, 3.8) is 0 Å². The van der Waals surface area contributed by atoms with Crippen molar-refractivity contribution in [1.82, 2.24) is 24.6 Å². The molecular weight excluding hydrogens is 527 g/mol. The number of fused-ring (bicyclic) bond motifs is 1. The third kappa shape index (κ3) is 6.03. The number of alkyl halides is 3. The number of likely N-dealkylation sites (N-methyl/N-ethyl adjacent to an activating group) is 1. The van der Waals surface area contributed by atoms with Crippen molar-refractivity contribution < 1.29 is 22.8 Å². The van der Waals surface area contributed by atoms with Gasteiger partial charge in [0.2, 0.25) is 11.8 Å². The summed E-state index contributed by atoms with van der Waals surface area (Å²) in [7, 11) is 1.88. The van der Waals surface area contributed by atoms with Crippen LogP contribution in [0, 0.1) is 6.92 Å². The first-order chi connectivity index (χ1) is 18.6. The summed E-state index contributed by atoms with van der Waals surface area (Å²) >= 11 is 1.55. The number of amides is 2. The third-order valence-corrected chi connectivity index (χ3v) is 8.91. The minimum atomic E-state index is -4.54. The van der Waals surface area contributed by atoms with E-state index in [1.807, 2.05) is 29.5 Å². The Morgan fingerprint density at radius 2 is 1.90 bits per heavy atom. The summed E-state index contributed by atoms with van der Waals surface area (Å²) in [6.45, 7) is 2.31. The van der Waals surface area contributed by atoms with E-state index in [4.69, 9.17) is 4.98 Å². The Morgan fingerprint density at radius 1 is 1.15 bits per heavy atom. The molecule has 11 heteroatoms. The Hall–Kier alpha value is -3.21. The highest BCUT2D eigenvalue weighted by atomic mass is 32.1. The number of benzene rings is 1. The van der Waals surface area contributed by atoms with Gasteiger partial charge in [-0.15, -0.1) is 11.3 Å². The monoisotopic (exact) mass is 559 g/mol. The molecule has 208 valence electrons. The van der Waals surface area contributed by atoms with Crippen molar-refractivity contribution in [2.45, 2.75) is 70.1 Å². The molecule has 7 nitrogen and oxygen atoms in total. The molecule has 0 saturated carbocycles. The van der Waals surface area contributed by atoms with E-state index in [0.29, 0.717) is 18.8 Å². The van der Waals surface area contributed by atoms with Crippen LogP contribution in [0.3, 0.4) is 0 Å². The largest absolute Gasteiger partial charge is 0.435 e. The van der Waals surface area contributed by atoms with E-state index in [1.54, 1.807) is 16.2 Å². The minimum Gasteiger partial charge on any atom is -0.341 e. The molecule has 0 radical (unpaired) electrons. The second-order valence-corrected chi connectivity index (χ2v) is 11.3. The average molecular weight is 560 g/mol. The van der Waals surface area contributed by atoms with Gasteiger partial charge in [0.1, 0.15) is 6.54 Å². The van der Waals surface area contributed by atoms with Gasteiger partial charge in [-0.05, 0) is 56.2 Å². The Kier molecular flexibility index (Phi) is 7.80. The molecule has 1 saturated heterocycles. The molecule has 3 heterocycles. The number of likely N-dealkylation sites (tertiary alicyclic amines) is 1. The van der Waals surface area contributed by atoms with Gasteiger partial charge in [0.25, 0.3) is 0 Å². The first kappa shape index (κ1) is 27.4. The van der Waals surface area contributed by atoms with Gasteiger partial charge < -0.3 is 9.80 Å². The number of carbonyl (C=O) groups is 2. The summed E-state index contributed by atoms with van der Waals surface area (Å²) in [6, 6.07) is 9.39. The van der Waals surface area contributed by atoms with Crippen molar-refractivity contribution in [2.24, 2.45) is 0 Å². The molecule has 0 N–H and O–H groups in total. The normalized spacial score (nSPS) is 18.2. The van der Waals surface area contributed by atoms with E-state index in [1.165, 1.54) is 18.1 Å². The van der Waals surface area contributed by atoms with Gasteiger partial charge in [0, 0.05) is 37.1 Å². The Labute approximate surface area is 229 Å². The van der Waals surface area contributed by atoms with Gasteiger partial charge in [-0.1, -0.05) is 24.3 Å². The van der Waals surface area contributed by atoms with Gasteiger partial charge in [0.05, 0.1) is 23.2 Å². The molecule has 1 fully saturated rings. The molecular formula is C28H32F3N5O2S. The van der Waals surface area contributed by atoms with Gasteiger partial charge in [-0.2, -0.15) is 18.3 Å². The van der Waals surface area contributed by atoms with Crippen molar-refractivity contribution in [2.75, 3.05) is 20.1 Å². The van der Waals surface area contributed by atoms with Crippen LogP contribution >= 0.6 is 11.3 Å². The zero-order valence-corrected chi connectivity index (χ0v) is 22.9. The predicted octanol–water partition coefficient (Wildman–Crippen LogP) is 5.15. The molecule has 2 aromatic heterocycles. The maximum Gasteiger partial charge on any atom is 0.435 e. The number of piperidine rings is 1. The molecule has 1 aromatic carbocycles. The molecule has 3 aromatic rings. The summed E-state index contributed by atoms with van der Waals surface area (Å²) in [5, 5.41) is 6.48. The van der Waals surface area contributed by atoms with Crippen LogP contribution in [0.4, 0.5) is 13.2 Å². The molecule has 5 rings (SSSR count). The number of nitrogens with zero attached hydrogens (tertiary/aromatic N) is 5. The minimum absolute atomic E-state index is 0.0524. The van der Waals surface area contributed by atoms with Crippen LogP contribution in [0.15, 0.2) is 35.7 Å². The zero-order chi connectivity index (χ0) is 27.7. The smallest absolute Gasteiger partial charge is 0.341 e. The fourth-order valence-electron chi connectivity index (χ4n) is 5.59. The lowest BCUT2D eigenvalue weighted by molar-refractivity contribution is -0.142. The molecule has 0 spiro atoms. The molecule has 1 atom stereocenters. The fourth-order valence-corrected chi connectivity index (χ4v) is 6.58. The van der Waals surface area contributed by atoms with Crippen LogP contribution in [0.25, 0.3) is 0 Å². The Balaban J connectivity index is 1.14. The quantitative estimate of drug-likeness (QED) is 0.419. The Morgan fingerprint density at radius 3 is 2.62 bits per heavy atom.